The highest BCUT2D eigenvalue weighted by molar-refractivity contribution is 9.10. The summed E-state index contributed by atoms with van der Waals surface area (Å²) in [5.74, 6) is 2.46. The summed E-state index contributed by atoms with van der Waals surface area (Å²) in [6, 6.07) is 3.82. The summed E-state index contributed by atoms with van der Waals surface area (Å²) in [6.45, 7) is 6.30. The maximum absolute atomic E-state index is 6.30. The minimum Gasteiger partial charge on any atom is -0.354 e. The molecule has 1 N–H and O–H groups in total. The fraction of sp³-hybridized carbons (Fsp3) is 0.400. The first-order chi connectivity index (χ1) is 11.2. The summed E-state index contributed by atoms with van der Waals surface area (Å²) in [4.78, 5) is 17.7. The molecule has 1 aliphatic rings. The van der Waals surface area contributed by atoms with Crippen molar-refractivity contribution < 1.29 is 0 Å². The molecule has 0 aliphatic carbocycles. The summed E-state index contributed by atoms with van der Waals surface area (Å²) in [7, 11) is 0. The van der Waals surface area contributed by atoms with Crippen LogP contribution in [0.3, 0.4) is 0 Å². The molecule has 122 valence electrons. The van der Waals surface area contributed by atoms with E-state index in [0.29, 0.717) is 11.0 Å². The van der Waals surface area contributed by atoms with Gasteiger partial charge in [-0.25, -0.2) is 9.97 Å². The minimum atomic E-state index is 0.671. The molecular weight excluding hydrogens is 380 g/mol. The number of hydrogen-bond donors (Lipinski definition) is 1. The van der Waals surface area contributed by atoms with Crippen LogP contribution in [0.15, 0.2) is 29.0 Å². The summed E-state index contributed by atoms with van der Waals surface area (Å²) in [5.41, 5.74) is 0. The van der Waals surface area contributed by atoms with E-state index in [1.807, 2.05) is 19.1 Å². The van der Waals surface area contributed by atoms with E-state index in [0.717, 1.165) is 48.8 Å². The first-order valence-corrected chi connectivity index (χ1v) is 8.72. The highest BCUT2D eigenvalue weighted by Gasteiger charge is 2.21. The molecule has 8 heteroatoms. The number of aromatic nitrogens is 3. The van der Waals surface area contributed by atoms with E-state index >= 15 is 0 Å². The Balaban J connectivity index is 1.67. The average molecular weight is 398 g/mol. The van der Waals surface area contributed by atoms with Gasteiger partial charge in [-0.05, 0) is 35.0 Å². The molecule has 1 fully saturated rings. The fourth-order valence-corrected chi connectivity index (χ4v) is 3.30. The number of nitrogens with one attached hydrogen (secondary N) is 1. The Morgan fingerprint density at radius 2 is 1.96 bits per heavy atom. The molecule has 0 amide bonds. The second kappa shape index (κ2) is 7.31. The number of halogens is 2. The molecule has 1 aliphatic heterocycles. The van der Waals surface area contributed by atoms with Crippen molar-refractivity contribution in [1.82, 2.24) is 15.0 Å². The Morgan fingerprint density at radius 1 is 1.22 bits per heavy atom. The molecule has 3 rings (SSSR count). The van der Waals surface area contributed by atoms with Gasteiger partial charge in [-0.15, -0.1) is 0 Å². The van der Waals surface area contributed by atoms with Crippen LogP contribution in [0.25, 0.3) is 0 Å². The lowest BCUT2D eigenvalue weighted by Gasteiger charge is -2.36. The molecule has 0 bridgehead atoms. The Bertz CT molecular complexity index is 675. The van der Waals surface area contributed by atoms with E-state index < -0.39 is 0 Å². The van der Waals surface area contributed by atoms with Crippen molar-refractivity contribution in [3.8, 4) is 0 Å². The fourth-order valence-electron chi connectivity index (χ4n) is 2.56. The van der Waals surface area contributed by atoms with Crippen LogP contribution in [0.5, 0.6) is 0 Å². The van der Waals surface area contributed by atoms with E-state index in [1.165, 1.54) is 0 Å². The molecule has 0 atom stereocenters. The van der Waals surface area contributed by atoms with Gasteiger partial charge < -0.3 is 15.1 Å². The van der Waals surface area contributed by atoms with E-state index in [-0.39, 0.29) is 0 Å². The lowest BCUT2D eigenvalue weighted by atomic mass is 10.3. The van der Waals surface area contributed by atoms with Gasteiger partial charge in [-0.1, -0.05) is 11.6 Å². The number of pyridine rings is 1. The average Bonchev–Trinajstić information content (AvgIpc) is 2.56. The Morgan fingerprint density at radius 3 is 2.65 bits per heavy atom. The Hall–Kier alpha value is -1.60. The minimum absolute atomic E-state index is 0.671. The summed E-state index contributed by atoms with van der Waals surface area (Å²) in [5, 5.41) is 3.81. The normalized spacial score (nSPS) is 14.9. The van der Waals surface area contributed by atoms with Crippen LogP contribution in [0.4, 0.5) is 17.6 Å². The second-order valence-corrected chi connectivity index (χ2v) is 6.52. The topological polar surface area (TPSA) is 57.2 Å². The van der Waals surface area contributed by atoms with Gasteiger partial charge in [0, 0.05) is 49.6 Å². The maximum Gasteiger partial charge on any atom is 0.224 e. The van der Waals surface area contributed by atoms with E-state index in [9.17, 15) is 0 Å². The van der Waals surface area contributed by atoms with Gasteiger partial charge in [0.2, 0.25) is 5.95 Å². The highest BCUT2D eigenvalue weighted by atomic mass is 79.9. The monoisotopic (exact) mass is 396 g/mol. The number of hydrogen-bond acceptors (Lipinski definition) is 6. The molecule has 0 radical (unpaired) electrons. The van der Waals surface area contributed by atoms with Gasteiger partial charge in [0.15, 0.2) is 0 Å². The molecule has 0 spiro atoms. The van der Waals surface area contributed by atoms with Crippen LogP contribution in [0.2, 0.25) is 5.02 Å². The van der Waals surface area contributed by atoms with Crippen molar-refractivity contribution in [1.29, 1.82) is 0 Å². The van der Waals surface area contributed by atoms with Crippen molar-refractivity contribution >= 4 is 45.1 Å². The molecule has 1 saturated heterocycles. The SMILES string of the molecule is CCNc1nccc(N2CCN(c3ncc(Br)cc3Cl)CC2)n1. The Kier molecular flexibility index (Phi) is 5.17. The largest absolute Gasteiger partial charge is 0.354 e. The van der Waals surface area contributed by atoms with Crippen molar-refractivity contribution in [2.75, 3.05) is 47.8 Å². The zero-order valence-corrected chi connectivity index (χ0v) is 15.2. The van der Waals surface area contributed by atoms with Crippen molar-refractivity contribution in [3.63, 3.8) is 0 Å². The van der Waals surface area contributed by atoms with Gasteiger partial charge in [0.1, 0.15) is 11.6 Å². The van der Waals surface area contributed by atoms with Crippen molar-refractivity contribution in [3.05, 3.63) is 34.0 Å². The van der Waals surface area contributed by atoms with Gasteiger partial charge in [-0.3, -0.25) is 0 Å². The molecule has 3 heterocycles. The standard InChI is InChI=1S/C15H18BrClN6/c1-2-18-15-19-4-3-13(21-15)22-5-7-23(8-6-22)14-12(17)9-11(16)10-20-14/h3-4,9-10H,2,5-8H2,1H3,(H,18,19,21). The van der Waals surface area contributed by atoms with E-state index in [2.05, 4.69) is 46.0 Å². The number of anilines is 3. The number of nitrogens with zero attached hydrogens (tertiary/aromatic N) is 5. The smallest absolute Gasteiger partial charge is 0.224 e. The van der Waals surface area contributed by atoms with Crippen LogP contribution in [0, 0.1) is 0 Å². The van der Waals surface area contributed by atoms with Crippen LogP contribution in [-0.2, 0) is 0 Å². The zero-order chi connectivity index (χ0) is 16.2. The van der Waals surface area contributed by atoms with E-state index in [1.54, 1.807) is 12.4 Å². The first-order valence-electron chi connectivity index (χ1n) is 7.55. The molecule has 0 aromatic carbocycles. The first kappa shape index (κ1) is 16.3. The lowest BCUT2D eigenvalue weighted by molar-refractivity contribution is 0.641. The zero-order valence-electron chi connectivity index (χ0n) is 12.8. The van der Waals surface area contributed by atoms with Gasteiger partial charge in [-0.2, -0.15) is 4.98 Å². The van der Waals surface area contributed by atoms with Crippen LogP contribution < -0.4 is 15.1 Å². The predicted octanol–water partition coefficient (Wildman–Crippen LogP) is 3.05. The summed E-state index contributed by atoms with van der Waals surface area (Å²) in [6.07, 6.45) is 3.57. The third-order valence-electron chi connectivity index (χ3n) is 3.67. The van der Waals surface area contributed by atoms with Gasteiger partial charge >= 0.3 is 0 Å². The Labute approximate surface area is 149 Å². The van der Waals surface area contributed by atoms with Gasteiger partial charge in [0.05, 0.1) is 5.02 Å². The van der Waals surface area contributed by atoms with Crippen LogP contribution in [-0.4, -0.2) is 47.7 Å². The number of rotatable bonds is 4. The summed E-state index contributed by atoms with van der Waals surface area (Å²) >= 11 is 9.68. The molecule has 6 nitrogen and oxygen atoms in total. The lowest BCUT2D eigenvalue weighted by Crippen LogP contribution is -2.47. The second-order valence-electron chi connectivity index (χ2n) is 5.20. The van der Waals surface area contributed by atoms with Crippen LogP contribution in [0.1, 0.15) is 6.92 Å². The molecule has 0 saturated carbocycles. The number of piperazine rings is 1. The molecule has 0 unspecified atom stereocenters. The van der Waals surface area contributed by atoms with Crippen LogP contribution >= 0.6 is 27.5 Å². The predicted molar refractivity (Wildman–Crippen MR) is 97.6 cm³/mol. The molecular formula is C15H18BrClN6. The van der Waals surface area contributed by atoms with Crippen molar-refractivity contribution in [2.45, 2.75) is 6.92 Å². The molecule has 2 aromatic rings. The third-order valence-corrected chi connectivity index (χ3v) is 4.38. The molecule has 23 heavy (non-hydrogen) atoms. The summed E-state index contributed by atoms with van der Waals surface area (Å²) < 4.78 is 0.891. The maximum atomic E-state index is 6.30. The van der Waals surface area contributed by atoms with E-state index in [4.69, 9.17) is 11.6 Å². The third kappa shape index (κ3) is 3.84. The highest BCUT2D eigenvalue weighted by Crippen LogP contribution is 2.27. The quantitative estimate of drug-likeness (QED) is 0.856. The molecule has 2 aromatic heterocycles. The van der Waals surface area contributed by atoms with Crippen molar-refractivity contribution in [2.24, 2.45) is 0 Å². The van der Waals surface area contributed by atoms with Gasteiger partial charge in [0.25, 0.3) is 0 Å².